The van der Waals surface area contributed by atoms with Gasteiger partial charge in [0.25, 0.3) is 0 Å². The molecule has 1 heterocycles. The number of nitrogens with zero attached hydrogens (tertiary/aromatic N) is 2. The Kier molecular flexibility index (Phi) is 7.87. The second-order valence-corrected chi connectivity index (χ2v) is 6.79. The number of guanidine groups is 1. The minimum Gasteiger partial charge on any atom is -0.351 e. The van der Waals surface area contributed by atoms with Crippen molar-refractivity contribution >= 4 is 29.9 Å². The first kappa shape index (κ1) is 20.7. The molecule has 0 saturated heterocycles. The summed E-state index contributed by atoms with van der Waals surface area (Å²) in [4.78, 5) is 8.78. The molecule has 0 aliphatic heterocycles. The molecule has 1 aromatic heterocycles. The Bertz CT molecular complexity index is 757. The summed E-state index contributed by atoms with van der Waals surface area (Å²) in [6.07, 6.45) is 6.90. The van der Waals surface area contributed by atoms with E-state index >= 15 is 0 Å². The standard InChI is InChI=1S/C21H28N4.HI/c1-15-7-6-12-23-20(15)14-24-21(22-3)25-16(2)18-11-10-17-8-4-5-9-19(17)13-18;/h6-7,10-13,16H,4-5,8-9,14H2,1-3H3,(H2,22,24,25);1H. The molecular formula is C21H29IN4. The van der Waals surface area contributed by atoms with E-state index < -0.39 is 0 Å². The maximum Gasteiger partial charge on any atom is 0.191 e. The van der Waals surface area contributed by atoms with E-state index in [1.165, 1.54) is 47.9 Å². The van der Waals surface area contributed by atoms with Crippen LogP contribution in [0.3, 0.4) is 0 Å². The van der Waals surface area contributed by atoms with Gasteiger partial charge in [0.1, 0.15) is 0 Å². The zero-order chi connectivity index (χ0) is 17.6. The fourth-order valence-corrected chi connectivity index (χ4v) is 3.38. The van der Waals surface area contributed by atoms with Gasteiger partial charge in [-0.3, -0.25) is 9.98 Å². The zero-order valence-electron chi connectivity index (χ0n) is 15.9. The predicted octanol–water partition coefficient (Wildman–Crippen LogP) is 4.31. The lowest BCUT2D eigenvalue weighted by molar-refractivity contribution is 0.664. The van der Waals surface area contributed by atoms with Crippen molar-refractivity contribution in [3.05, 3.63) is 64.5 Å². The van der Waals surface area contributed by atoms with Crippen LogP contribution < -0.4 is 10.6 Å². The Labute approximate surface area is 173 Å². The van der Waals surface area contributed by atoms with Crippen LogP contribution in [0.2, 0.25) is 0 Å². The summed E-state index contributed by atoms with van der Waals surface area (Å²) in [7, 11) is 1.81. The second kappa shape index (κ2) is 9.90. The Morgan fingerprint density at radius 3 is 2.69 bits per heavy atom. The molecule has 26 heavy (non-hydrogen) atoms. The lowest BCUT2D eigenvalue weighted by Crippen LogP contribution is -2.38. The van der Waals surface area contributed by atoms with Gasteiger partial charge in [0.15, 0.2) is 5.96 Å². The molecule has 2 aromatic rings. The first-order valence-electron chi connectivity index (χ1n) is 9.16. The van der Waals surface area contributed by atoms with Crippen molar-refractivity contribution in [2.75, 3.05) is 7.05 Å². The molecule has 1 aliphatic rings. The number of nitrogens with one attached hydrogen (secondary N) is 2. The van der Waals surface area contributed by atoms with E-state index in [1.54, 1.807) is 7.05 Å². The van der Waals surface area contributed by atoms with Crippen LogP contribution in [0, 0.1) is 6.92 Å². The number of hydrogen-bond acceptors (Lipinski definition) is 2. The first-order valence-corrected chi connectivity index (χ1v) is 9.16. The minimum atomic E-state index is 0. The number of rotatable bonds is 4. The van der Waals surface area contributed by atoms with E-state index in [2.05, 4.69) is 58.7 Å². The van der Waals surface area contributed by atoms with Crippen LogP contribution in [0.5, 0.6) is 0 Å². The molecule has 0 bridgehead atoms. The SMILES string of the molecule is CN=C(NCc1ncccc1C)NC(C)c1ccc2c(c1)CCCC2.I. The molecule has 2 N–H and O–H groups in total. The van der Waals surface area contributed by atoms with Crippen molar-refractivity contribution in [2.24, 2.45) is 4.99 Å². The van der Waals surface area contributed by atoms with Gasteiger partial charge in [-0.05, 0) is 67.9 Å². The molecule has 140 valence electrons. The summed E-state index contributed by atoms with van der Waals surface area (Å²) in [5, 5.41) is 6.86. The smallest absolute Gasteiger partial charge is 0.191 e. The molecule has 1 atom stereocenters. The van der Waals surface area contributed by atoms with Gasteiger partial charge >= 0.3 is 0 Å². The van der Waals surface area contributed by atoms with E-state index in [-0.39, 0.29) is 30.0 Å². The van der Waals surface area contributed by atoms with Gasteiger partial charge < -0.3 is 10.6 Å². The van der Waals surface area contributed by atoms with Gasteiger partial charge in [0, 0.05) is 13.2 Å². The fourth-order valence-electron chi connectivity index (χ4n) is 3.38. The highest BCUT2D eigenvalue weighted by Gasteiger charge is 2.13. The van der Waals surface area contributed by atoms with Crippen molar-refractivity contribution in [1.82, 2.24) is 15.6 Å². The van der Waals surface area contributed by atoms with Crippen molar-refractivity contribution in [3.63, 3.8) is 0 Å². The predicted molar refractivity (Wildman–Crippen MR) is 119 cm³/mol. The average Bonchev–Trinajstić information content (AvgIpc) is 2.65. The third-order valence-electron chi connectivity index (χ3n) is 4.99. The van der Waals surface area contributed by atoms with Crippen molar-refractivity contribution in [3.8, 4) is 0 Å². The molecule has 0 amide bonds. The molecule has 0 spiro atoms. The van der Waals surface area contributed by atoms with Gasteiger partial charge in [-0.1, -0.05) is 24.3 Å². The normalized spacial score (nSPS) is 14.8. The van der Waals surface area contributed by atoms with Gasteiger partial charge in [0.2, 0.25) is 0 Å². The average molecular weight is 464 g/mol. The van der Waals surface area contributed by atoms with Crippen LogP contribution in [-0.4, -0.2) is 18.0 Å². The Hall–Kier alpha value is -1.63. The van der Waals surface area contributed by atoms with Crippen molar-refractivity contribution < 1.29 is 0 Å². The van der Waals surface area contributed by atoms with Crippen molar-refractivity contribution in [2.45, 2.75) is 52.1 Å². The van der Waals surface area contributed by atoms with Gasteiger partial charge in [-0.25, -0.2) is 0 Å². The summed E-state index contributed by atoms with van der Waals surface area (Å²) in [6, 6.07) is 11.2. The van der Waals surface area contributed by atoms with Crippen LogP contribution in [0.15, 0.2) is 41.5 Å². The number of aliphatic imine (C=N–C) groups is 1. The summed E-state index contributed by atoms with van der Waals surface area (Å²) in [5.41, 5.74) is 6.59. The number of pyridine rings is 1. The first-order chi connectivity index (χ1) is 12.2. The highest BCUT2D eigenvalue weighted by Crippen LogP contribution is 2.24. The fraction of sp³-hybridized carbons (Fsp3) is 0.429. The van der Waals surface area contributed by atoms with Crippen LogP contribution >= 0.6 is 24.0 Å². The lowest BCUT2D eigenvalue weighted by Gasteiger charge is -2.21. The van der Waals surface area contributed by atoms with Crippen LogP contribution in [0.1, 0.15) is 53.8 Å². The van der Waals surface area contributed by atoms with E-state index in [4.69, 9.17) is 0 Å². The number of aryl methyl sites for hydroxylation is 3. The molecule has 5 heteroatoms. The number of fused-ring (bicyclic) bond motifs is 1. The molecule has 1 unspecified atom stereocenters. The Morgan fingerprint density at radius 2 is 1.96 bits per heavy atom. The molecular weight excluding hydrogens is 435 g/mol. The third-order valence-corrected chi connectivity index (χ3v) is 4.99. The largest absolute Gasteiger partial charge is 0.351 e. The summed E-state index contributed by atoms with van der Waals surface area (Å²) < 4.78 is 0. The zero-order valence-corrected chi connectivity index (χ0v) is 18.2. The maximum absolute atomic E-state index is 4.42. The number of aromatic nitrogens is 1. The molecule has 1 aliphatic carbocycles. The summed E-state index contributed by atoms with van der Waals surface area (Å²) >= 11 is 0. The monoisotopic (exact) mass is 464 g/mol. The van der Waals surface area contributed by atoms with E-state index in [0.29, 0.717) is 6.54 Å². The highest BCUT2D eigenvalue weighted by atomic mass is 127. The maximum atomic E-state index is 4.42. The Morgan fingerprint density at radius 1 is 1.19 bits per heavy atom. The van der Waals surface area contributed by atoms with Crippen LogP contribution in [0.4, 0.5) is 0 Å². The highest BCUT2D eigenvalue weighted by molar-refractivity contribution is 14.0. The number of benzene rings is 1. The molecule has 0 fully saturated rings. The molecule has 0 radical (unpaired) electrons. The van der Waals surface area contributed by atoms with Gasteiger partial charge in [-0.2, -0.15) is 0 Å². The van der Waals surface area contributed by atoms with Gasteiger partial charge in [0.05, 0.1) is 18.3 Å². The topological polar surface area (TPSA) is 49.3 Å². The molecule has 0 saturated carbocycles. The van der Waals surface area contributed by atoms with Crippen LogP contribution in [0.25, 0.3) is 0 Å². The number of halogens is 1. The van der Waals surface area contributed by atoms with E-state index in [1.807, 2.05) is 12.3 Å². The van der Waals surface area contributed by atoms with Gasteiger partial charge in [-0.15, -0.1) is 24.0 Å². The third kappa shape index (κ3) is 5.19. The molecule has 1 aromatic carbocycles. The van der Waals surface area contributed by atoms with E-state index in [0.717, 1.165) is 11.7 Å². The lowest BCUT2D eigenvalue weighted by atomic mass is 9.89. The molecule has 3 rings (SSSR count). The number of hydrogen-bond donors (Lipinski definition) is 2. The minimum absolute atomic E-state index is 0. The molecule has 4 nitrogen and oxygen atoms in total. The summed E-state index contributed by atoms with van der Waals surface area (Å²) in [6.45, 7) is 4.93. The quantitative estimate of drug-likeness (QED) is 0.403. The summed E-state index contributed by atoms with van der Waals surface area (Å²) in [5.74, 6) is 0.801. The van der Waals surface area contributed by atoms with E-state index in [9.17, 15) is 0 Å². The van der Waals surface area contributed by atoms with Crippen LogP contribution in [-0.2, 0) is 19.4 Å². The second-order valence-electron chi connectivity index (χ2n) is 6.79. The Balaban J connectivity index is 0.00000243. The van der Waals surface area contributed by atoms with Crippen molar-refractivity contribution in [1.29, 1.82) is 0 Å².